The molecule has 0 rings (SSSR count). The molecule has 0 amide bonds. The van der Waals surface area contributed by atoms with E-state index in [1.165, 1.54) is 6.08 Å². The van der Waals surface area contributed by atoms with Gasteiger partial charge in [0, 0.05) is 0 Å². The minimum absolute atomic E-state index is 0.371. The lowest BCUT2D eigenvalue weighted by molar-refractivity contribution is 0.128. The minimum atomic E-state index is -1.35. The smallest absolute Gasteiger partial charge is 0.449 e. The molecular formula is C5H6Cl2O3. The van der Waals surface area contributed by atoms with Crippen molar-refractivity contribution in [1.82, 2.24) is 0 Å². The van der Waals surface area contributed by atoms with Gasteiger partial charge in [-0.3, -0.25) is 0 Å². The fourth-order valence-electron chi connectivity index (χ4n) is 0.265. The van der Waals surface area contributed by atoms with Crippen LogP contribution in [0.15, 0.2) is 12.3 Å². The zero-order chi connectivity index (χ0) is 7.98. The van der Waals surface area contributed by atoms with Gasteiger partial charge in [-0.2, -0.15) is 0 Å². The average molecular weight is 185 g/mol. The van der Waals surface area contributed by atoms with Gasteiger partial charge in [-0.15, -0.1) is 23.2 Å². The molecule has 3 nitrogen and oxygen atoms in total. The lowest BCUT2D eigenvalue weighted by Crippen LogP contribution is -1.92. The molecular weight excluding hydrogens is 179 g/mol. The molecule has 0 aliphatic rings. The molecule has 10 heavy (non-hydrogen) atoms. The Hall–Kier alpha value is -0.410. The van der Waals surface area contributed by atoms with E-state index in [1.807, 2.05) is 0 Å². The summed E-state index contributed by atoms with van der Waals surface area (Å²) >= 11 is 10.6. The van der Waals surface area contributed by atoms with Crippen LogP contribution in [0.25, 0.3) is 0 Å². The Kier molecular flexibility index (Phi) is 5.16. The van der Waals surface area contributed by atoms with Crippen molar-refractivity contribution >= 4 is 29.4 Å². The van der Waals surface area contributed by atoms with E-state index in [-0.39, 0.29) is 0 Å². The number of alkyl halides is 2. The van der Waals surface area contributed by atoms with Crippen molar-refractivity contribution in [3.63, 3.8) is 0 Å². The highest BCUT2D eigenvalue weighted by atomic mass is 35.5. The van der Waals surface area contributed by atoms with Gasteiger partial charge in [0.2, 0.25) is 0 Å². The van der Waals surface area contributed by atoms with E-state index in [9.17, 15) is 4.79 Å². The summed E-state index contributed by atoms with van der Waals surface area (Å²) in [5.74, 6) is 0. The third kappa shape index (κ3) is 7.59. The quantitative estimate of drug-likeness (QED) is 0.417. The monoisotopic (exact) mass is 184 g/mol. The Bertz CT molecular complexity index is 133. The van der Waals surface area contributed by atoms with Crippen molar-refractivity contribution in [2.75, 3.05) is 0 Å². The maximum absolute atomic E-state index is 9.70. The van der Waals surface area contributed by atoms with E-state index < -0.39 is 11.0 Å². The molecule has 5 heteroatoms. The number of rotatable bonds is 3. The van der Waals surface area contributed by atoms with E-state index in [2.05, 4.69) is 4.74 Å². The molecule has 0 heterocycles. The van der Waals surface area contributed by atoms with Crippen LogP contribution in [0, 0.1) is 0 Å². The zero-order valence-electron chi connectivity index (χ0n) is 4.96. The third-order valence-electron chi connectivity index (χ3n) is 0.579. The topological polar surface area (TPSA) is 46.5 Å². The van der Waals surface area contributed by atoms with Gasteiger partial charge in [0.1, 0.15) is 4.84 Å². The summed E-state index contributed by atoms with van der Waals surface area (Å²) in [4.78, 5) is 9.18. The second kappa shape index (κ2) is 5.38. The fourth-order valence-corrected chi connectivity index (χ4v) is 0.470. The van der Waals surface area contributed by atoms with E-state index >= 15 is 0 Å². The van der Waals surface area contributed by atoms with Crippen LogP contribution in [-0.2, 0) is 4.74 Å². The Morgan fingerprint density at radius 3 is 2.70 bits per heavy atom. The number of hydrogen-bond acceptors (Lipinski definition) is 2. The summed E-state index contributed by atoms with van der Waals surface area (Å²) in [6.07, 6.45) is 1.48. The average Bonchev–Trinajstić information content (AvgIpc) is 1.79. The van der Waals surface area contributed by atoms with Gasteiger partial charge in [0.05, 0.1) is 6.26 Å². The number of ether oxygens (including phenoxy) is 1. The predicted molar refractivity (Wildman–Crippen MR) is 38.4 cm³/mol. The Balaban J connectivity index is 3.29. The van der Waals surface area contributed by atoms with Crippen LogP contribution in [0.5, 0.6) is 0 Å². The Morgan fingerprint density at radius 1 is 1.70 bits per heavy atom. The normalized spacial score (nSPS) is 10.7. The zero-order valence-corrected chi connectivity index (χ0v) is 6.47. The molecule has 1 N–H and O–H groups in total. The standard InChI is InChI=1S/C5H6Cl2O3/c6-4(7)2-1-3-10-5(8)9/h1,3-4H,2H2,(H,8,9). The van der Waals surface area contributed by atoms with Gasteiger partial charge < -0.3 is 9.84 Å². The number of carbonyl (C=O) groups is 1. The molecule has 58 valence electrons. The summed E-state index contributed by atoms with van der Waals surface area (Å²) < 4.78 is 4.01. The third-order valence-corrected chi connectivity index (χ3v) is 0.936. The largest absolute Gasteiger partial charge is 0.510 e. The highest BCUT2D eigenvalue weighted by Crippen LogP contribution is 2.06. The maximum Gasteiger partial charge on any atom is 0.510 e. The molecule has 0 radical (unpaired) electrons. The predicted octanol–water partition coefficient (Wildman–Crippen LogP) is 2.39. The molecule has 0 atom stereocenters. The van der Waals surface area contributed by atoms with Crippen LogP contribution >= 0.6 is 23.2 Å². The minimum Gasteiger partial charge on any atom is -0.449 e. The summed E-state index contributed by atoms with van der Waals surface area (Å²) in [6, 6.07) is 0. The molecule has 0 aliphatic heterocycles. The number of halogens is 2. The molecule has 0 aliphatic carbocycles. The lowest BCUT2D eigenvalue weighted by Gasteiger charge is -1.91. The first-order valence-corrected chi connectivity index (χ1v) is 3.33. The van der Waals surface area contributed by atoms with Crippen molar-refractivity contribution in [2.45, 2.75) is 11.3 Å². The van der Waals surface area contributed by atoms with Gasteiger partial charge in [0.15, 0.2) is 0 Å². The van der Waals surface area contributed by atoms with Gasteiger partial charge in [-0.25, -0.2) is 4.79 Å². The van der Waals surface area contributed by atoms with E-state index in [4.69, 9.17) is 28.3 Å². The Labute approximate surface area is 68.2 Å². The molecule has 0 fully saturated rings. The van der Waals surface area contributed by atoms with E-state index in [0.717, 1.165) is 6.26 Å². The molecule has 0 saturated heterocycles. The highest BCUT2D eigenvalue weighted by molar-refractivity contribution is 6.44. The van der Waals surface area contributed by atoms with Crippen molar-refractivity contribution in [3.05, 3.63) is 12.3 Å². The van der Waals surface area contributed by atoms with E-state index in [0.29, 0.717) is 6.42 Å². The van der Waals surface area contributed by atoms with Crippen molar-refractivity contribution in [3.8, 4) is 0 Å². The van der Waals surface area contributed by atoms with Gasteiger partial charge in [-0.05, 0) is 12.5 Å². The Morgan fingerprint density at radius 2 is 2.30 bits per heavy atom. The molecule has 0 bridgehead atoms. The van der Waals surface area contributed by atoms with Crippen LogP contribution < -0.4 is 0 Å². The molecule has 0 aromatic rings. The second-order valence-electron chi connectivity index (χ2n) is 1.38. The van der Waals surface area contributed by atoms with Crippen molar-refractivity contribution in [1.29, 1.82) is 0 Å². The lowest BCUT2D eigenvalue weighted by atomic mass is 10.5. The van der Waals surface area contributed by atoms with Crippen LogP contribution in [-0.4, -0.2) is 16.1 Å². The van der Waals surface area contributed by atoms with Gasteiger partial charge in [-0.1, -0.05) is 0 Å². The summed E-state index contributed by atoms with van der Waals surface area (Å²) in [5, 5.41) is 7.94. The molecule has 0 aromatic heterocycles. The van der Waals surface area contributed by atoms with Crippen molar-refractivity contribution in [2.24, 2.45) is 0 Å². The first kappa shape index (κ1) is 9.59. The number of allylic oxidation sites excluding steroid dienone is 1. The van der Waals surface area contributed by atoms with E-state index in [1.54, 1.807) is 0 Å². The molecule has 0 aromatic carbocycles. The maximum atomic E-state index is 9.70. The molecule has 0 spiro atoms. The van der Waals surface area contributed by atoms with Crippen LogP contribution in [0.3, 0.4) is 0 Å². The van der Waals surface area contributed by atoms with Gasteiger partial charge >= 0.3 is 6.16 Å². The number of carboxylic acid groups (broad SMARTS) is 1. The van der Waals surface area contributed by atoms with Gasteiger partial charge in [0.25, 0.3) is 0 Å². The first-order valence-electron chi connectivity index (χ1n) is 2.45. The molecule has 0 unspecified atom stereocenters. The number of hydrogen-bond donors (Lipinski definition) is 1. The summed E-state index contributed by atoms with van der Waals surface area (Å²) in [7, 11) is 0. The van der Waals surface area contributed by atoms with Crippen molar-refractivity contribution < 1.29 is 14.6 Å². The SMILES string of the molecule is O=C(O)OC=CCC(Cl)Cl. The summed E-state index contributed by atoms with van der Waals surface area (Å²) in [5.41, 5.74) is 0. The fraction of sp³-hybridized carbons (Fsp3) is 0.400. The molecule has 0 saturated carbocycles. The second-order valence-corrected chi connectivity index (χ2v) is 2.66. The van der Waals surface area contributed by atoms with Crippen LogP contribution in [0.2, 0.25) is 0 Å². The summed E-state index contributed by atoms with van der Waals surface area (Å²) in [6.45, 7) is 0. The van der Waals surface area contributed by atoms with Crippen LogP contribution in [0.4, 0.5) is 4.79 Å². The van der Waals surface area contributed by atoms with Crippen LogP contribution in [0.1, 0.15) is 6.42 Å². The first-order chi connectivity index (χ1) is 4.63. The highest BCUT2D eigenvalue weighted by Gasteiger charge is 1.93.